The topological polar surface area (TPSA) is 49.4 Å². The quantitative estimate of drug-likeness (QED) is 0.830. The van der Waals surface area contributed by atoms with Gasteiger partial charge in [-0.2, -0.15) is 0 Å². The molecule has 2 rings (SSSR count). The molecule has 0 aromatic rings. The molecule has 2 fully saturated rings. The summed E-state index contributed by atoms with van der Waals surface area (Å²) in [7, 11) is -2.72. The number of sulfone groups is 1. The zero-order valence-electron chi connectivity index (χ0n) is 11.4. The predicted molar refractivity (Wildman–Crippen MR) is 74.5 cm³/mol. The van der Waals surface area contributed by atoms with Gasteiger partial charge < -0.3 is 10.2 Å². The van der Waals surface area contributed by atoms with E-state index in [9.17, 15) is 8.42 Å². The highest BCUT2D eigenvalue weighted by Crippen LogP contribution is 2.20. The van der Waals surface area contributed by atoms with Crippen LogP contribution < -0.4 is 5.32 Å². The number of nitrogens with one attached hydrogen (secondary N) is 1. The van der Waals surface area contributed by atoms with E-state index in [4.69, 9.17) is 0 Å². The lowest BCUT2D eigenvalue weighted by molar-refractivity contribution is 0.207. The fraction of sp³-hybridized carbons (Fsp3) is 1.00. The third kappa shape index (κ3) is 4.21. The van der Waals surface area contributed by atoms with E-state index in [1.807, 2.05) is 0 Å². The van der Waals surface area contributed by atoms with E-state index in [-0.39, 0.29) is 0 Å². The minimum absolute atomic E-state index is 0.377. The largest absolute Gasteiger partial charge is 0.314 e. The Labute approximate surface area is 111 Å². The molecular weight excluding hydrogens is 248 g/mol. The van der Waals surface area contributed by atoms with Crippen molar-refractivity contribution in [1.29, 1.82) is 0 Å². The molecule has 2 saturated heterocycles. The molecule has 18 heavy (non-hydrogen) atoms. The summed E-state index contributed by atoms with van der Waals surface area (Å²) in [5.74, 6) is 1.20. The number of nitrogens with zero attached hydrogens (tertiary/aromatic N) is 1. The SMILES string of the molecule is CCC1CCN(CC2CCS(=O)(=O)C2)CCCN1. The average Bonchev–Trinajstić information content (AvgIpc) is 2.63. The fourth-order valence-electron chi connectivity index (χ4n) is 3.07. The minimum Gasteiger partial charge on any atom is -0.314 e. The highest BCUT2D eigenvalue weighted by atomic mass is 32.2. The molecule has 2 aliphatic rings. The van der Waals surface area contributed by atoms with Gasteiger partial charge in [0.15, 0.2) is 9.84 Å². The van der Waals surface area contributed by atoms with Gasteiger partial charge in [-0.05, 0) is 51.2 Å². The van der Waals surface area contributed by atoms with Crippen molar-refractivity contribution in [3.63, 3.8) is 0 Å². The Balaban J connectivity index is 1.81. The minimum atomic E-state index is -2.72. The van der Waals surface area contributed by atoms with Crippen molar-refractivity contribution in [3.8, 4) is 0 Å². The zero-order valence-corrected chi connectivity index (χ0v) is 12.2. The van der Waals surface area contributed by atoms with Gasteiger partial charge in [0.25, 0.3) is 0 Å². The van der Waals surface area contributed by atoms with E-state index >= 15 is 0 Å². The zero-order chi connectivity index (χ0) is 13.0. The second-order valence-corrected chi connectivity index (χ2v) is 8.00. The van der Waals surface area contributed by atoms with Gasteiger partial charge in [-0.15, -0.1) is 0 Å². The van der Waals surface area contributed by atoms with Crippen LogP contribution >= 0.6 is 0 Å². The maximum absolute atomic E-state index is 11.5. The third-order valence-electron chi connectivity index (χ3n) is 4.21. The Kier molecular flexibility index (Phi) is 5.04. The molecule has 1 N–H and O–H groups in total. The monoisotopic (exact) mass is 274 g/mol. The van der Waals surface area contributed by atoms with Gasteiger partial charge in [-0.25, -0.2) is 8.42 Å². The van der Waals surface area contributed by atoms with Crippen molar-refractivity contribution < 1.29 is 8.42 Å². The van der Waals surface area contributed by atoms with Gasteiger partial charge in [-0.3, -0.25) is 0 Å². The molecule has 2 heterocycles. The molecule has 0 aromatic carbocycles. The molecule has 2 aliphatic heterocycles. The summed E-state index contributed by atoms with van der Waals surface area (Å²) in [4.78, 5) is 2.48. The van der Waals surface area contributed by atoms with Crippen LogP contribution in [0.5, 0.6) is 0 Å². The first-order chi connectivity index (χ1) is 8.59. The molecule has 0 spiro atoms. The van der Waals surface area contributed by atoms with Crippen molar-refractivity contribution in [2.45, 2.75) is 38.6 Å². The van der Waals surface area contributed by atoms with Crippen molar-refractivity contribution >= 4 is 9.84 Å². The molecule has 0 saturated carbocycles. The third-order valence-corrected chi connectivity index (χ3v) is 6.05. The molecule has 5 heteroatoms. The lowest BCUT2D eigenvalue weighted by Gasteiger charge is -2.30. The van der Waals surface area contributed by atoms with Crippen LogP contribution in [0, 0.1) is 5.92 Å². The van der Waals surface area contributed by atoms with Gasteiger partial charge in [0, 0.05) is 12.6 Å². The second kappa shape index (κ2) is 6.35. The van der Waals surface area contributed by atoms with Crippen LogP contribution in [-0.2, 0) is 9.84 Å². The lowest BCUT2D eigenvalue weighted by Crippen LogP contribution is -2.41. The summed E-state index contributed by atoms with van der Waals surface area (Å²) in [6.45, 7) is 6.53. The Morgan fingerprint density at radius 1 is 1.28 bits per heavy atom. The van der Waals surface area contributed by atoms with Gasteiger partial charge in [0.05, 0.1) is 11.5 Å². The van der Waals surface area contributed by atoms with Crippen molar-refractivity contribution in [2.24, 2.45) is 5.92 Å². The van der Waals surface area contributed by atoms with Crippen LogP contribution in [-0.4, -0.2) is 57.0 Å². The first kappa shape index (κ1) is 14.3. The first-order valence-corrected chi connectivity index (χ1v) is 9.07. The summed E-state index contributed by atoms with van der Waals surface area (Å²) in [6.07, 6.45) is 4.42. The van der Waals surface area contributed by atoms with Gasteiger partial charge in [-0.1, -0.05) is 6.92 Å². The predicted octanol–water partition coefficient (Wildman–Crippen LogP) is 0.885. The van der Waals surface area contributed by atoms with Crippen LogP contribution in [0.3, 0.4) is 0 Å². The van der Waals surface area contributed by atoms with Gasteiger partial charge in [0.2, 0.25) is 0 Å². The maximum atomic E-state index is 11.5. The van der Waals surface area contributed by atoms with Gasteiger partial charge in [0.1, 0.15) is 0 Å². The highest BCUT2D eigenvalue weighted by molar-refractivity contribution is 7.91. The number of hydrogen-bond acceptors (Lipinski definition) is 4. The van der Waals surface area contributed by atoms with E-state index < -0.39 is 9.84 Å². The van der Waals surface area contributed by atoms with Crippen molar-refractivity contribution in [3.05, 3.63) is 0 Å². The fourth-order valence-corrected chi connectivity index (χ4v) is 4.92. The van der Waals surface area contributed by atoms with Crippen LogP contribution in [0.1, 0.15) is 32.6 Å². The van der Waals surface area contributed by atoms with Crippen LogP contribution in [0.4, 0.5) is 0 Å². The summed E-state index contributed by atoms with van der Waals surface area (Å²) >= 11 is 0. The molecule has 0 amide bonds. The highest BCUT2D eigenvalue weighted by Gasteiger charge is 2.29. The van der Waals surface area contributed by atoms with E-state index in [2.05, 4.69) is 17.1 Å². The number of rotatable bonds is 3. The van der Waals surface area contributed by atoms with Crippen molar-refractivity contribution in [2.75, 3.05) is 37.7 Å². The van der Waals surface area contributed by atoms with Crippen LogP contribution in [0.2, 0.25) is 0 Å². The van der Waals surface area contributed by atoms with E-state index in [0.717, 1.165) is 32.6 Å². The molecule has 0 radical (unpaired) electrons. The molecule has 0 aliphatic carbocycles. The lowest BCUT2D eigenvalue weighted by atomic mass is 10.1. The maximum Gasteiger partial charge on any atom is 0.150 e. The molecule has 106 valence electrons. The molecular formula is C13H26N2O2S. The average molecular weight is 274 g/mol. The first-order valence-electron chi connectivity index (χ1n) is 7.25. The van der Waals surface area contributed by atoms with E-state index in [0.29, 0.717) is 23.5 Å². The Morgan fingerprint density at radius 3 is 2.78 bits per heavy atom. The standard InChI is InChI=1S/C13H26N2O2S/c1-2-13-4-8-15(7-3-6-14-13)10-12-5-9-18(16,17)11-12/h12-14H,2-11H2,1H3. The molecule has 4 nitrogen and oxygen atoms in total. The van der Waals surface area contributed by atoms with Crippen LogP contribution in [0.25, 0.3) is 0 Å². The summed E-state index contributed by atoms with van der Waals surface area (Å²) in [5.41, 5.74) is 0. The smallest absolute Gasteiger partial charge is 0.150 e. The Morgan fingerprint density at radius 2 is 2.11 bits per heavy atom. The summed E-state index contributed by atoms with van der Waals surface area (Å²) in [5, 5.41) is 3.58. The van der Waals surface area contributed by atoms with E-state index in [1.54, 1.807) is 0 Å². The van der Waals surface area contributed by atoms with Crippen LogP contribution in [0.15, 0.2) is 0 Å². The van der Waals surface area contributed by atoms with Gasteiger partial charge >= 0.3 is 0 Å². The van der Waals surface area contributed by atoms with Crippen molar-refractivity contribution in [1.82, 2.24) is 10.2 Å². The Bertz CT molecular complexity index is 356. The molecule has 2 unspecified atom stereocenters. The molecule has 0 bridgehead atoms. The molecule has 0 aromatic heterocycles. The number of hydrogen-bond donors (Lipinski definition) is 1. The Hall–Kier alpha value is -0.130. The molecule has 2 atom stereocenters. The summed E-state index contributed by atoms with van der Waals surface area (Å²) < 4.78 is 23.0. The van der Waals surface area contributed by atoms with E-state index in [1.165, 1.54) is 19.3 Å². The summed E-state index contributed by atoms with van der Waals surface area (Å²) in [6, 6.07) is 0.639. The normalized spacial score (nSPS) is 34.1. The second-order valence-electron chi connectivity index (χ2n) is 5.77.